The molecule has 1 aliphatic rings. The average Bonchev–Trinajstić information content (AvgIpc) is 3.12. The molecule has 0 aliphatic heterocycles. The van der Waals surface area contributed by atoms with Gasteiger partial charge in [-0.05, 0) is 43.0 Å². The van der Waals surface area contributed by atoms with E-state index in [-0.39, 0.29) is 5.91 Å². The number of amides is 1. The van der Waals surface area contributed by atoms with E-state index in [0.717, 1.165) is 59.1 Å². The SMILES string of the molecule is CN(CCc1ccccn1)C(=O)c1c2c(nc3ccccc13)CCC2. The maximum absolute atomic E-state index is 13.2. The second kappa shape index (κ2) is 6.63. The van der Waals surface area contributed by atoms with Crippen LogP contribution in [0, 0.1) is 0 Å². The Morgan fingerprint density at radius 3 is 2.80 bits per heavy atom. The Kier molecular flexibility index (Phi) is 4.18. The lowest BCUT2D eigenvalue weighted by Gasteiger charge is -2.20. The van der Waals surface area contributed by atoms with Gasteiger partial charge in [0.25, 0.3) is 5.91 Å². The summed E-state index contributed by atoms with van der Waals surface area (Å²) in [5, 5.41) is 0.970. The molecule has 2 heterocycles. The summed E-state index contributed by atoms with van der Waals surface area (Å²) >= 11 is 0. The standard InChI is InChI=1S/C21H21N3O/c1-24(14-12-15-7-4-5-13-22-15)21(25)20-16-8-2-3-10-18(16)23-19-11-6-9-17(19)20/h2-5,7-8,10,13H,6,9,11-12,14H2,1H3. The molecule has 0 bridgehead atoms. The molecule has 0 saturated carbocycles. The summed E-state index contributed by atoms with van der Waals surface area (Å²) in [7, 11) is 1.88. The smallest absolute Gasteiger partial charge is 0.254 e. The minimum Gasteiger partial charge on any atom is -0.341 e. The number of likely N-dealkylation sites (N-methyl/N-ethyl adjacent to an activating group) is 1. The molecule has 4 nitrogen and oxygen atoms in total. The van der Waals surface area contributed by atoms with Crippen LogP contribution in [0.5, 0.6) is 0 Å². The van der Waals surface area contributed by atoms with E-state index in [4.69, 9.17) is 4.98 Å². The summed E-state index contributed by atoms with van der Waals surface area (Å²) in [6, 6.07) is 13.9. The number of hydrogen-bond donors (Lipinski definition) is 0. The Balaban J connectivity index is 1.65. The minimum absolute atomic E-state index is 0.0904. The second-order valence-electron chi connectivity index (χ2n) is 6.58. The summed E-state index contributed by atoms with van der Waals surface area (Å²) in [5.41, 5.74) is 5.02. The number of para-hydroxylation sites is 1. The topological polar surface area (TPSA) is 46.1 Å². The first-order valence-electron chi connectivity index (χ1n) is 8.80. The number of fused-ring (bicyclic) bond motifs is 2. The van der Waals surface area contributed by atoms with Gasteiger partial charge in [0, 0.05) is 43.0 Å². The van der Waals surface area contributed by atoms with Crippen LogP contribution in [-0.4, -0.2) is 34.4 Å². The third-order valence-electron chi connectivity index (χ3n) is 4.91. The number of hydrogen-bond acceptors (Lipinski definition) is 3. The predicted octanol–water partition coefficient (Wildman–Crippen LogP) is 3.43. The maximum Gasteiger partial charge on any atom is 0.254 e. The van der Waals surface area contributed by atoms with E-state index < -0.39 is 0 Å². The number of aryl methyl sites for hydroxylation is 1. The van der Waals surface area contributed by atoms with Gasteiger partial charge in [-0.1, -0.05) is 24.3 Å². The highest BCUT2D eigenvalue weighted by Gasteiger charge is 2.25. The van der Waals surface area contributed by atoms with Crippen LogP contribution in [-0.2, 0) is 19.3 Å². The van der Waals surface area contributed by atoms with Gasteiger partial charge in [-0.3, -0.25) is 14.8 Å². The van der Waals surface area contributed by atoms with Crippen molar-refractivity contribution >= 4 is 16.8 Å². The number of pyridine rings is 2. The minimum atomic E-state index is 0.0904. The van der Waals surface area contributed by atoms with Crippen molar-refractivity contribution in [2.75, 3.05) is 13.6 Å². The molecule has 1 aromatic carbocycles. The Morgan fingerprint density at radius 1 is 1.12 bits per heavy atom. The van der Waals surface area contributed by atoms with Crippen LogP contribution in [0.3, 0.4) is 0 Å². The van der Waals surface area contributed by atoms with Gasteiger partial charge in [0.15, 0.2) is 0 Å². The Labute approximate surface area is 147 Å². The molecule has 0 saturated heterocycles. The van der Waals surface area contributed by atoms with Gasteiger partial charge in [0.05, 0.1) is 11.1 Å². The summed E-state index contributed by atoms with van der Waals surface area (Å²) in [6.45, 7) is 0.654. The molecular weight excluding hydrogens is 310 g/mol. The van der Waals surface area contributed by atoms with Crippen LogP contribution in [0.2, 0.25) is 0 Å². The van der Waals surface area contributed by atoms with Crippen LogP contribution < -0.4 is 0 Å². The van der Waals surface area contributed by atoms with Crippen molar-refractivity contribution in [3.63, 3.8) is 0 Å². The Bertz CT molecular complexity index is 921. The molecule has 4 heteroatoms. The van der Waals surface area contributed by atoms with E-state index in [1.165, 1.54) is 0 Å². The van der Waals surface area contributed by atoms with Crippen LogP contribution >= 0.6 is 0 Å². The molecule has 4 rings (SSSR count). The van der Waals surface area contributed by atoms with Gasteiger partial charge < -0.3 is 4.90 Å². The molecule has 25 heavy (non-hydrogen) atoms. The molecule has 2 aromatic heterocycles. The largest absolute Gasteiger partial charge is 0.341 e. The van der Waals surface area contributed by atoms with Gasteiger partial charge in [-0.25, -0.2) is 0 Å². The summed E-state index contributed by atoms with van der Waals surface area (Å²) in [6.07, 6.45) is 5.55. The number of rotatable bonds is 4. The zero-order valence-electron chi connectivity index (χ0n) is 14.4. The zero-order valence-corrected chi connectivity index (χ0v) is 14.4. The van der Waals surface area contributed by atoms with E-state index in [1.807, 2.05) is 54.4 Å². The highest BCUT2D eigenvalue weighted by Crippen LogP contribution is 2.30. The first kappa shape index (κ1) is 15.8. The van der Waals surface area contributed by atoms with Crippen LogP contribution in [0.1, 0.15) is 33.7 Å². The van der Waals surface area contributed by atoms with E-state index in [2.05, 4.69) is 4.98 Å². The van der Waals surface area contributed by atoms with Crippen molar-refractivity contribution in [3.8, 4) is 0 Å². The molecule has 126 valence electrons. The van der Waals surface area contributed by atoms with Crippen LogP contribution in [0.25, 0.3) is 10.9 Å². The van der Waals surface area contributed by atoms with Crippen molar-refractivity contribution in [1.29, 1.82) is 0 Å². The Morgan fingerprint density at radius 2 is 1.96 bits per heavy atom. The van der Waals surface area contributed by atoms with Crippen LogP contribution in [0.15, 0.2) is 48.7 Å². The summed E-state index contributed by atoms with van der Waals surface area (Å²) in [4.78, 5) is 24.1. The number of carbonyl (C=O) groups is 1. The molecule has 0 atom stereocenters. The van der Waals surface area contributed by atoms with Gasteiger partial charge in [-0.15, -0.1) is 0 Å². The van der Waals surface area contributed by atoms with Gasteiger partial charge in [0.1, 0.15) is 0 Å². The van der Waals surface area contributed by atoms with Gasteiger partial charge in [-0.2, -0.15) is 0 Å². The molecule has 1 amide bonds. The average molecular weight is 331 g/mol. The summed E-state index contributed by atoms with van der Waals surface area (Å²) in [5.74, 6) is 0.0904. The lowest BCUT2D eigenvalue weighted by atomic mass is 10.00. The quantitative estimate of drug-likeness (QED) is 0.736. The normalized spacial score (nSPS) is 13.0. The van der Waals surface area contributed by atoms with E-state index in [1.54, 1.807) is 6.20 Å². The first-order valence-corrected chi connectivity index (χ1v) is 8.80. The summed E-state index contributed by atoms with van der Waals surface area (Å²) < 4.78 is 0. The molecule has 0 radical (unpaired) electrons. The molecule has 3 aromatic rings. The van der Waals surface area contributed by atoms with E-state index in [0.29, 0.717) is 6.54 Å². The highest BCUT2D eigenvalue weighted by molar-refractivity contribution is 6.07. The second-order valence-corrected chi connectivity index (χ2v) is 6.58. The Hall–Kier alpha value is -2.75. The van der Waals surface area contributed by atoms with Gasteiger partial charge >= 0.3 is 0 Å². The molecule has 0 spiro atoms. The van der Waals surface area contributed by atoms with Crippen molar-refractivity contribution in [2.45, 2.75) is 25.7 Å². The van der Waals surface area contributed by atoms with Gasteiger partial charge in [0.2, 0.25) is 0 Å². The monoisotopic (exact) mass is 331 g/mol. The third kappa shape index (κ3) is 3.00. The van der Waals surface area contributed by atoms with Crippen molar-refractivity contribution < 1.29 is 4.79 Å². The maximum atomic E-state index is 13.2. The fraction of sp³-hybridized carbons (Fsp3) is 0.286. The first-order chi connectivity index (χ1) is 12.2. The van der Waals surface area contributed by atoms with Crippen LogP contribution in [0.4, 0.5) is 0 Å². The van der Waals surface area contributed by atoms with Crippen molar-refractivity contribution in [1.82, 2.24) is 14.9 Å². The lowest BCUT2D eigenvalue weighted by molar-refractivity contribution is 0.0797. The van der Waals surface area contributed by atoms with Crippen molar-refractivity contribution in [2.24, 2.45) is 0 Å². The molecule has 0 fully saturated rings. The fourth-order valence-corrected chi connectivity index (χ4v) is 3.58. The number of aromatic nitrogens is 2. The highest BCUT2D eigenvalue weighted by atomic mass is 16.2. The fourth-order valence-electron chi connectivity index (χ4n) is 3.58. The van der Waals surface area contributed by atoms with E-state index >= 15 is 0 Å². The third-order valence-corrected chi connectivity index (χ3v) is 4.91. The number of nitrogens with zero attached hydrogens (tertiary/aromatic N) is 3. The molecule has 0 unspecified atom stereocenters. The lowest BCUT2D eigenvalue weighted by Crippen LogP contribution is -2.30. The molecular formula is C21H21N3O. The zero-order chi connectivity index (χ0) is 17.2. The molecule has 1 aliphatic carbocycles. The molecule has 0 N–H and O–H groups in total. The van der Waals surface area contributed by atoms with E-state index in [9.17, 15) is 4.79 Å². The predicted molar refractivity (Wildman–Crippen MR) is 98.7 cm³/mol. The van der Waals surface area contributed by atoms with Crippen molar-refractivity contribution in [3.05, 3.63) is 71.2 Å². The number of carbonyl (C=O) groups excluding carboxylic acids is 1. The number of benzene rings is 1.